The molecule has 0 aliphatic rings. The number of amides is 1. The molecule has 8 nitrogen and oxygen atoms in total. The topological polar surface area (TPSA) is 91.7 Å². The van der Waals surface area contributed by atoms with E-state index in [-0.39, 0.29) is 5.91 Å². The van der Waals surface area contributed by atoms with Crippen molar-refractivity contribution in [1.29, 1.82) is 0 Å². The van der Waals surface area contributed by atoms with E-state index in [9.17, 15) is 4.79 Å². The number of anilines is 2. The Morgan fingerprint density at radius 1 is 1.00 bits per heavy atom. The van der Waals surface area contributed by atoms with E-state index in [2.05, 4.69) is 20.5 Å². The number of nitrogens with one attached hydrogen (secondary N) is 2. The summed E-state index contributed by atoms with van der Waals surface area (Å²) in [5.74, 6) is 1.28. The molecule has 0 radical (unpaired) electrons. The van der Waals surface area contributed by atoms with Crippen LogP contribution in [0.5, 0.6) is 0 Å². The van der Waals surface area contributed by atoms with Gasteiger partial charge in [0.2, 0.25) is 0 Å². The molecule has 0 spiro atoms. The van der Waals surface area contributed by atoms with Gasteiger partial charge in [0, 0.05) is 61.3 Å². The van der Waals surface area contributed by atoms with Gasteiger partial charge in [-0.15, -0.1) is 0 Å². The molecule has 0 saturated heterocycles. The van der Waals surface area contributed by atoms with Gasteiger partial charge in [-0.25, -0.2) is 9.97 Å². The molecule has 0 unspecified atom stereocenters. The van der Waals surface area contributed by atoms with E-state index in [4.69, 9.17) is 4.98 Å². The van der Waals surface area contributed by atoms with Gasteiger partial charge in [-0.2, -0.15) is 5.10 Å². The van der Waals surface area contributed by atoms with E-state index < -0.39 is 0 Å². The van der Waals surface area contributed by atoms with Crippen molar-refractivity contribution in [2.24, 2.45) is 7.05 Å². The molecule has 0 fully saturated rings. The van der Waals surface area contributed by atoms with Crippen LogP contribution >= 0.6 is 0 Å². The molecule has 0 bridgehead atoms. The third-order valence-electron chi connectivity index (χ3n) is 5.57. The first-order valence-electron chi connectivity index (χ1n) is 10.5. The molecule has 33 heavy (non-hydrogen) atoms. The first kappa shape index (κ1) is 20.4. The van der Waals surface area contributed by atoms with Crippen LogP contribution in [-0.2, 0) is 7.05 Å². The fourth-order valence-corrected chi connectivity index (χ4v) is 3.77. The Kier molecular flexibility index (Phi) is 5.10. The Balaban J connectivity index is 1.41. The quantitative estimate of drug-likeness (QED) is 0.423. The van der Waals surface area contributed by atoms with Crippen LogP contribution in [-0.4, -0.2) is 49.6 Å². The molecule has 1 amide bonds. The van der Waals surface area contributed by atoms with Crippen LogP contribution in [0, 0.1) is 0 Å². The zero-order valence-corrected chi connectivity index (χ0v) is 18.6. The maximum Gasteiger partial charge on any atom is 0.269 e. The normalized spacial score (nSPS) is 11.0. The molecule has 164 valence electrons. The molecule has 3 aromatic heterocycles. The highest BCUT2D eigenvalue weighted by Crippen LogP contribution is 2.27. The molecule has 0 saturated carbocycles. The van der Waals surface area contributed by atoms with Gasteiger partial charge in [0.1, 0.15) is 11.5 Å². The summed E-state index contributed by atoms with van der Waals surface area (Å²) < 4.78 is 1.91. The summed E-state index contributed by atoms with van der Waals surface area (Å²) in [7, 11) is 5.40. The summed E-state index contributed by atoms with van der Waals surface area (Å²) in [6.07, 6.45) is 5.39. The molecule has 5 aromatic rings. The minimum atomic E-state index is -0.0310. The lowest BCUT2D eigenvalue weighted by Gasteiger charge is -2.11. The summed E-state index contributed by atoms with van der Waals surface area (Å²) in [4.78, 5) is 23.2. The van der Waals surface area contributed by atoms with E-state index >= 15 is 0 Å². The van der Waals surface area contributed by atoms with Crippen molar-refractivity contribution in [1.82, 2.24) is 29.6 Å². The Morgan fingerprint density at radius 2 is 1.79 bits per heavy atom. The van der Waals surface area contributed by atoms with Gasteiger partial charge in [0.05, 0.1) is 6.20 Å². The number of hydrogen-bond acceptors (Lipinski definition) is 5. The zero-order valence-electron chi connectivity index (χ0n) is 18.6. The number of benzene rings is 2. The maximum atomic E-state index is 12.5. The fraction of sp³-hybridized carbons (Fsp3) is 0.120. The number of nitrogens with zero attached hydrogens (tertiary/aromatic N) is 5. The number of aromatic nitrogens is 5. The summed E-state index contributed by atoms with van der Waals surface area (Å²) in [6, 6.07) is 17.8. The number of hydrogen-bond donors (Lipinski definition) is 2. The predicted octanol–water partition coefficient (Wildman–Crippen LogP) is 4.47. The summed E-state index contributed by atoms with van der Waals surface area (Å²) in [5.41, 5.74) is 5.53. The number of carbonyl (C=O) groups excluding carboxylic acids is 1. The van der Waals surface area contributed by atoms with Gasteiger partial charge in [-0.1, -0.05) is 24.3 Å². The first-order chi connectivity index (χ1) is 16.0. The minimum Gasteiger partial charge on any atom is -0.343 e. The Morgan fingerprint density at radius 3 is 2.52 bits per heavy atom. The third-order valence-corrected chi connectivity index (χ3v) is 5.57. The third kappa shape index (κ3) is 3.94. The number of rotatable bonds is 5. The molecule has 2 aromatic carbocycles. The van der Waals surface area contributed by atoms with Crippen LogP contribution in [0.3, 0.4) is 0 Å². The second-order valence-corrected chi connectivity index (χ2v) is 8.02. The van der Waals surface area contributed by atoms with E-state index in [1.807, 2.05) is 72.4 Å². The molecule has 0 aliphatic carbocycles. The second-order valence-electron chi connectivity index (χ2n) is 8.02. The van der Waals surface area contributed by atoms with Gasteiger partial charge in [-0.05, 0) is 35.9 Å². The van der Waals surface area contributed by atoms with Gasteiger partial charge < -0.3 is 14.8 Å². The molecule has 3 heterocycles. The maximum absolute atomic E-state index is 12.5. The molecule has 0 aliphatic heterocycles. The Hall–Kier alpha value is -4.46. The highest BCUT2D eigenvalue weighted by atomic mass is 16.2. The van der Waals surface area contributed by atoms with Crippen LogP contribution in [0.15, 0.2) is 73.2 Å². The van der Waals surface area contributed by atoms with Gasteiger partial charge in [0.15, 0.2) is 5.82 Å². The largest absolute Gasteiger partial charge is 0.343 e. The number of aromatic amines is 1. The van der Waals surface area contributed by atoms with Gasteiger partial charge in [-0.3, -0.25) is 9.89 Å². The Bertz CT molecular complexity index is 1430. The van der Waals surface area contributed by atoms with E-state index in [1.165, 1.54) is 0 Å². The monoisotopic (exact) mass is 437 g/mol. The van der Waals surface area contributed by atoms with Gasteiger partial charge >= 0.3 is 0 Å². The number of fused-ring (bicyclic) bond motifs is 1. The molecule has 2 N–H and O–H groups in total. The lowest BCUT2D eigenvalue weighted by Crippen LogP contribution is -2.23. The SMILES string of the molecule is CN(C)C(=O)c1cc2ccc(-c3nccc(Nc4ccc(-c5cn[nH]c5)cc4)n3)cc2n1C. The standard InChI is InChI=1S/C25H23N7O/c1-31(2)25(33)22-12-17-4-5-18(13-21(17)32(22)3)24-26-11-10-23(30-24)29-20-8-6-16(7-9-20)19-14-27-28-15-19/h4-15H,1-3H3,(H,27,28)(H,26,29,30). The average Bonchev–Trinajstić information content (AvgIpc) is 3.48. The van der Waals surface area contributed by atoms with Crippen LogP contribution < -0.4 is 5.32 Å². The van der Waals surface area contributed by atoms with Crippen molar-refractivity contribution < 1.29 is 4.79 Å². The average molecular weight is 438 g/mol. The van der Waals surface area contributed by atoms with Crippen molar-refractivity contribution in [2.45, 2.75) is 0 Å². The highest BCUT2D eigenvalue weighted by molar-refractivity contribution is 5.99. The number of carbonyl (C=O) groups is 1. The number of aryl methyl sites for hydroxylation is 1. The fourth-order valence-electron chi connectivity index (χ4n) is 3.77. The summed E-state index contributed by atoms with van der Waals surface area (Å²) >= 11 is 0. The van der Waals surface area contributed by atoms with Crippen LogP contribution in [0.2, 0.25) is 0 Å². The molecule has 5 rings (SSSR count). The molecular formula is C25H23N7O. The molecular weight excluding hydrogens is 414 g/mol. The van der Waals surface area contributed by atoms with Crippen LogP contribution in [0.25, 0.3) is 33.4 Å². The van der Waals surface area contributed by atoms with E-state index in [0.717, 1.165) is 33.3 Å². The smallest absolute Gasteiger partial charge is 0.269 e. The minimum absolute atomic E-state index is 0.0310. The summed E-state index contributed by atoms with van der Waals surface area (Å²) in [5, 5.41) is 11.2. The Labute approximate surface area is 190 Å². The first-order valence-corrected chi connectivity index (χ1v) is 10.5. The molecule has 8 heteroatoms. The van der Waals surface area contributed by atoms with Crippen molar-refractivity contribution in [2.75, 3.05) is 19.4 Å². The number of H-pyrrole nitrogens is 1. The lowest BCUT2D eigenvalue weighted by molar-refractivity contribution is 0.0819. The van der Waals surface area contributed by atoms with Crippen molar-refractivity contribution in [3.63, 3.8) is 0 Å². The second kappa shape index (κ2) is 8.23. The van der Waals surface area contributed by atoms with E-state index in [1.54, 1.807) is 31.4 Å². The van der Waals surface area contributed by atoms with Crippen molar-refractivity contribution in [3.05, 3.63) is 78.9 Å². The van der Waals surface area contributed by atoms with Crippen molar-refractivity contribution >= 4 is 28.3 Å². The molecule has 0 atom stereocenters. The summed E-state index contributed by atoms with van der Waals surface area (Å²) in [6.45, 7) is 0. The van der Waals surface area contributed by atoms with Crippen LogP contribution in [0.4, 0.5) is 11.5 Å². The zero-order chi connectivity index (χ0) is 22.9. The lowest BCUT2D eigenvalue weighted by atomic mass is 10.1. The highest BCUT2D eigenvalue weighted by Gasteiger charge is 2.16. The van der Waals surface area contributed by atoms with Crippen molar-refractivity contribution in [3.8, 4) is 22.5 Å². The van der Waals surface area contributed by atoms with Gasteiger partial charge in [0.25, 0.3) is 5.91 Å². The van der Waals surface area contributed by atoms with Crippen LogP contribution in [0.1, 0.15) is 10.5 Å². The predicted molar refractivity (Wildman–Crippen MR) is 129 cm³/mol. The van der Waals surface area contributed by atoms with E-state index in [0.29, 0.717) is 17.3 Å².